The van der Waals surface area contributed by atoms with E-state index < -0.39 is 9.85 Å². The van der Waals surface area contributed by atoms with E-state index in [0.717, 1.165) is 43.1 Å². The van der Waals surface area contributed by atoms with Gasteiger partial charge in [-0.15, -0.1) is 0 Å². The van der Waals surface area contributed by atoms with Crippen LogP contribution >= 0.6 is 0 Å². The van der Waals surface area contributed by atoms with Gasteiger partial charge in [-0.25, -0.2) is 9.97 Å². The molecule has 0 bridgehead atoms. The minimum atomic E-state index is -0.479. The molecule has 0 unspecified atom stereocenters. The van der Waals surface area contributed by atoms with Gasteiger partial charge in [0.1, 0.15) is 22.4 Å². The lowest BCUT2D eigenvalue weighted by molar-refractivity contribution is -0.385. The fourth-order valence-corrected chi connectivity index (χ4v) is 8.80. The first-order valence-corrected chi connectivity index (χ1v) is 18.7. The van der Waals surface area contributed by atoms with E-state index in [1.165, 1.54) is 20.9 Å². The van der Waals surface area contributed by atoms with Gasteiger partial charge < -0.3 is 0 Å². The smallest absolute Gasteiger partial charge is 0.268 e. The fraction of sp³-hybridized carbons (Fsp3) is 0.130. The van der Waals surface area contributed by atoms with Crippen molar-refractivity contribution in [1.29, 1.82) is 0 Å². The van der Waals surface area contributed by atoms with Crippen LogP contribution in [-0.4, -0.2) is 28.6 Å². The van der Waals surface area contributed by atoms with E-state index in [-0.39, 0.29) is 45.5 Å². The van der Waals surface area contributed by atoms with Gasteiger partial charge in [-0.05, 0) is 68.7 Å². The largest absolute Gasteiger partial charge is 0.287 e. The predicted molar refractivity (Wildman–Crippen MR) is 227 cm³/mol. The summed E-state index contributed by atoms with van der Waals surface area (Å²) >= 11 is 0. The maximum absolute atomic E-state index is 14.5. The molecule has 0 aliphatic carbocycles. The molecular formula is C46H26N6O6. The van der Waals surface area contributed by atoms with Crippen molar-refractivity contribution in [1.82, 2.24) is 18.8 Å². The molecule has 276 valence electrons. The van der Waals surface area contributed by atoms with Gasteiger partial charge in [0.15, 0.2) is 0 Å². The monoisotopic (exact) mass is 758 g/mol. The molecule has 4 aromatic heterocycles. The summed E-state index contributed by atoms with van der Waals surface area (Å²) in [7, 11) is 0. The zero-order valence-corrected chi connectivity index (χ0v) is 31.2. The normalized spacial score (nSPS) is 12.2. The Bertz CT molecular complexity index is 3710. The fourth-order valence-electron chi connectivity index (χ4n) is 8.80. The third kappa shape index (κ3) is 4.26. The number of imidazole rings is 2. The third-order valence-electron chi connectivity index (χ3n) is 11.2. The summed E-state index contributed by atoms with van der Waals surface area (Å²) in [5.41, 5.74) is 1.76. The number of hydrogen-bond acceptors (Lipinski definition) is 8. The lowest BCUT2D eigenvalue weighted by atomic mass is 9.86. The highest BCUT2D eigenvalue weighted by molar-refractivity contribution is 6.40. The Kier molecular flexibility index (Phi) is 6.51. The molecule has 11 aromatic rings. The number of pyridine rings is 2. The van der Waals surface area contributed by atoms with Crippen molar-refractivity contribution in [3.8, 4) is 23.7 Å². The van der Waals surface area contributed by atoms with Crippen LogP contribution < -0.4 is 11.1 Å². The number of fused-ring (bicyclic) bond motifs is 10. The van der Waals surface area contributed by atoms with Crippen LogP contribution in [-0.2, 0) is 0 Å². The van der Waals surface area contributed by atoms with Crippen molar-refractivity contribution in [2.24, 2.45) is 11.8 Å². The predicted octanol–water partition coefficient (Wildman–Crippen LogP) is 9.07. The van der Waals surface area contributed by atoms with Crippen LogP contribution in [0.5, 0.6) is 0 Å². The van der Waals surface area contributed by atoms with Crippen molar-refractivity contribution in [3.05, 3.63) is 125 Å². The van der Waals surface area contributed by atoms with Crippen LogP contribution in [0.25, 0.3) is 98.0 Å². The molecule has 0 aliphatic rings. The number of benzene rings is 7. The third-order valence-corrected chi connectivity index (χ3v) is 11.2. The summed E-state index contributed by atoms with van der Waals surface area (Å²) in [5, 5.41) is 33.3. The molecule has 12 nitrogen and oxygen atoms in total. The van der Waals surface area contributed by atoms with Crippen molar-refractivity contribution < 1.29 is 9.85 Å². The average molecular weight is 759 g/mol. The van der Waals surface area contributed by atoms with Crippen LogP contribution in [0.3, 0.4) is 0 Å². The SMILES string of the molecule is CC(C)C#Cc1cc2c(cc1[N+](=O)[O-])nc1c3ccc4c5ccc6c(=O)n7c8cc(C#CC(C)C)c([N+](=O)[O-])cc8nc7c7ccc(c8ccc(c(=O)n21)c3c84)c5c67. The molecule has 0 spiro atoms. The lowest BCUT2D eigenvalue weighted by Crippen LogP contribution is -2.14. The standard InChI is InChI=1S/C46H26N6O6/c1-21(2)5-7-23-17-37-33(19-35(23)51(55)56)47-43-29-13-9-25-28-12-16-32-42-30(14-10-26(40(28)42)27-11-15-31(41(29)39(25)27)45(53)49(37)43)44-48-34-20-36(52(57)58)24(8-6-22(3)4)18-38(34)50(44)46(32)54/h9-22H,1-4H3. The van der Waals surface area contributed by atoms with Gasteiger partial charge in [-0.2, -0.15) is 0 Å². The number of rotatable bonds is 2. The Morgan fingerprint density at radius 1 is 0.517 bits per heavy atom. The van der Waals surface area contributed by atoms with E-state index in [1.54, 1.807) is 12.1 Å². The van der Waals surface area contributed by atoms with Crippen LogP contribution in [0.4, 0.5) is 11.4 Å². The van der Waals surface area contributed by atoms with Crippen LogP contribution in [0.2, 0.25) is 0 Å². The topological polar surface area (TPSA) is 155 Å². The lowest BCUT2D eigenvalue weighted by Gasteiger charge is -2.18. The molecule has 0 aliphatic heterocycles. The molecule has 0 fully saturated rings. The Hall–Kier alpha value is -7.96. The summed E-state index contributed by atoms with van der Waals surface area (Å²) in [5.74, 6) is 11.8. The van der Waals surface area contributed by atoms with Crippen molar-refractivity contribution in [3.63, 3.8) is 0 Å². The van der Waals surface area contributed by atoms with E-state index in [4.69, 9.17) is 9.97 Å². The number of aromatic nitrogens is 4. The van der Waals surface area contributed by atoms with E-state index in [1.807, 2.05) is 76.2 Å². The maximum atomic E-state index is 14.5. The van der Waals surface area contributed by atoms with Gasteiger partial charge in [0.2, 0.25) is 0 Å². The number of hydrogen-bond donors (Lipinski definition) is 0. The molecule has 7 aromatic carbocycles. The number of nitro groups is 2. The number of nitrogens with zero attached hydrogens (tertiary/aromatic N) is 6. The van der Waals surface area contributed by atoms with Gasteiger partial charge >= 0.3 is 0 Å². The van der Waals surface area contributed by atoms with E-state index in [9.17, 15) is 29.8 Å². The molecule has 0 saturated carbocycles. The highest BCUT2D eigenvalue weighted by Crippen LogP contribution is 2.46. The first kappa shape index (κ1) is 33.4. The van der Waals surface area contributed by atoms with E-state index in [2.05, 4.69) is 23.7 Å². The highest BCUT2D eigenvalue weighted by Gasteiger charge is 2.26. The van der Waals surface area contributed by atoms with Gasteiger partial charge in [0, 0.05) is 56.3 Å². The van der Waals surface area contributed by atoms with Gasteiger partial charge in [0.05, 0.1) is 31.9 Å². The van der Waals surface area contributed by atoms with E-state index in [0.29, 0.717) is 54.9 Å². The Morgan fingerprint density at radius 3 is 1.19 bits per heavy atom. The maximum Gasteiger partial charge on any atom is 0.287 e. The molecule has 0 atom stereocenters. The molecule has 11 rings (SSSR count). The van der Waals surface area contributed by atoms with Crippen LogP contribution in [0.1, 0.15) is 38.8 Å². The molecule has 0 radical (unpaired) electrons. The van der Waals surface area contributed by atoms with Gasteiger partial charge in [-0.1, -0.05) is 75.6 Å². The molecule has 0 saturated heterocycles. The second kappa shape index (κ2) is 11.3. The van der Waals surface area contributed by atoms with Gasteiger partial charge in [0.25, 0.3) is 22.5 Å². The Balaban J connectivity index is 1.23. The van der Waals surface area contributed by atoms with Crippen molar-refractivity contribution in [2.45, 2.75) is 27.7 Å². The Morgan fingerprint density at radius 2 is 0.845 bits per heavy atom. The minimum Gasteiger partial charge on any atom is -0.268 e. The second-order valence-electron chi connectivity index (χ2n) is 15.4. The molecule has 0 N–H and O–H groups in total. The van der Waals surface area contributed by atoms with Crippen molar-refractivity contribution in [2.75, 3.05) is 0 Å². The summed E-state index contributed by atoms with van der Waals surface area (Å²) in [6, 6.07) is 21.3. The summed E-state index contributed by atoms with van der Waals surface area (Å²) in [6.07, 6.45) is 0. The molecule has 4 heterocycles. The van der Waals surface area contributed by atoms with E-state index >= 15 is 0 Å². The summed E-state index contributed by atoms with van der Waals surface area (Å²) < 4.78 is 3.04. The molecule has 12 heteroatoms. The molecular weight excluding hydrogens is 733 g/mol. The Labute approximate surface area is 325 Å². The minimum absolute atomic E-state index is 0.0155. The first-order valence-electron chi connectivity index (χ1n) is 18.7. The van der Waals surface area contributed by atoms with Crippen LogP contribution in [0.15, 0.2) is 82.4 Å². The summed E-state index contributed by atoms with van der Waals surface area (Å²) in [4.78, 5) is 61.9. The zero-order valence-electron chi connectivity index (χ0n) is 31.2. The summed E-state index contributed by atoms with van der Waals surface area (Å²) in [6.45, 7) is 7.59. The number of nitro benzene ring substituents is 2. The van der Waals surface area contributed by atoms with Gasteiger partial charge in [-0.3, -0.25) is 38.6 Å². The quantitative estimate of drug-likeness (QED) is 0.0556. The zero-order chi connectivity index (χ0) is 40.0. The first-order chi connectivity index (χ1) is 27.9. The molecule has 0 amide bonds. The average Bonchev–Trinajstić information content (AvgIpc) is 3.77. The van der Waals surface area contributed by atoms with Crippen molar-refractivity contribution >= 4 is 109 Å². The highest BCUT2D eigenvalue weighted by atomic mass is 16.6. The second-order valence-corrected chi connectivity index (χ2v) is 15.4. The van der Waals surface area contributed by atoms with Crippen LogP contribution in [0, 0.1) is 55.7 Å². The molecule has 58 heavy (non-hydrogen) atoms.